The lowest BCUT2D eigenvalue weighted by Gasteiger charge is -2.15. The third-order valence-electron chi connectivity index (χ3n) is 2.46. The molecule has 2 aromatic rings. The molecule has 0 aliphatic heterocycles. The highest BCUT2D eigenvalue weighted by Crippen LogP contribution is 2.25. The summed E-state index contributed by atoms with van der Waals surface area (Å²) in [5.41, 5.74) is 2.85. The monoisotopic (exact) mass is 363 g/mol. The first kappa shape index (κ1) is 12.5. The molecular weight excluding hydrogens is 349 g/mol. The van der Waals surface area contributed by atoms with Crippen LogP contribution in [0.2, 0.25) is 0 Å². The van der Waals surface area contributed by atoms with Gasteiger partial charge in [0.2, 0.25) is 0 Å². The van der Waals surface area contributed by atoms with Crippen molar-refractivity contribution in [2.75, 3.05) is 6.54 Å². The summed E-state index contributed by atoms with van der Waals surface area (Å²) in [6, 6.07) is 4.96. The lowest BCUT2D eigenvalue weighted by Crippen LogP contribution is -2.22. The molecule has 86 valence electrons. The van der Waals surface area contributed by atoms with E-state index in [9.17, 15) is 0 Å². The highest BCUT2D eigenvalue weighted by atomic mass is 127. The maximum absolute atomic E-state index is 3.56. The van der Waals surface area contributed by atoms with Crippen LogP contribution in [0.5, 0.6) is 0 Å². The average Bonchev–Trinajstić information content (AvgIpc) is 2.88. The molecular formula is C12H14INS2. The zero-order chi connectivity index (χ0) is 11.4. The Hall–Kier alpha value is 0.0900. The van der Waals surface area contributed by atoms with Crippen LogP contribution in [-0.2, 0) is 6.42 Å². The van der Waals surface area contributed by atoms with E-state index < -0.39 is 0 Å². The Bertz CT molecular complexity index is 422. The van der Waals surface area contributed by atoms with Crippen molar-refractivity contribution in [2.24, 2.45) is 0 Å². The quantitative estimate of drug-likeness (QED) is 0.781. The van der Waals surface area contributed by atoms with E-state index in [1.807, 2.05) is 11.3 Å². The van der Waals surface area contributed by atoms with Gasteiger partial charge in [-0.1, -0.05) is 6.92 Å². The SMILES string of the molecule is CCNC(Cc1ccsc1)c1csc(I)c1. The zero-order valence-electron chi connectivity index (χ0n) is 9.07. The number of likely N-dealkylation sites (N-methyl/N-ethyl adjacent to an activating group) is 1. The van der Waals surface area contributed by atoms with Gasteiger partial charge in [-0.15, -0.1) is 11.3 Å². The fourth-order valence-electron chi connectivity index (χ4n) is 1.70. The van der Waals surface area contributed by atoms with E-state index in [0.717, 1.165) is 13.0 Å². The number of rotatable bonds is 5. The van der Waals surface area contributed by atoms with E-state index in [-0.39, 0.29) is 0 Å². The van der Waals surface area contributed by atoms with Gasteiger partial charge in [0.15, 0.2) is 0 Å². The average molecular weight is 363 g/mol. The van der Waals surface area contributed by atoms with Gasteiger partial charge in [-0.2, -0.15) is 11.3 Å². The first-order chi connectivity index (χ1) is 7.79. The molecule has 1 atom stereocenters. The first-order valence-electron chi connectivity index (χ1n) is 5.28. The maximum atomic E-state index is 3.56. The zero-order valence-corrected chi connectivity index (χ0v) is 12.9. The first-order valence-corrected chi connectivity index (χ1v) is 8.18. The number of thiophene rings is 2. The summed E-state index contributed by atoms with van der Waals surface area (Å²) in [5, 5.41) is 10.2. The lowest BCUT2D eigenvalue weighted by atomic mass is 10.0. The third-order valence-corrected chi connectivity index (χ3v) is 5.00. The second-order valence-electron chi connectivity index (χ2n) is 3.63. The molecule has 0 spiro atoms. The van der Waals surface area contributed by atoms with Crippen LogP contribution >= 0.6 is 45.3 Å². The minimum Gasteiger partial charge on any atom is -0.310 e. The fraction of sp³-hybridized carbons (Fsp3) is 0.333. The third kappa shape index (κ3) is 3.29. The van der Waals surface area contributed by atoms with E-state index in [1.165, 1.54) is 14.0 Å². The van der Waals surface area contributed by atoms with Crippen LogP contribution in [0.15, 0.2) is 28.3 Å². The largest absolute Gasteiger partial charge is 0.310 e. The Morgan fingerprint density at radius 1 is 1.44 bits per heavy atom. The van der Waals surface area contributed by atoms with Crippen LogP contribution in [0.4, 0.5) is 0 Å². The maximum Gasteiger partial charge on any atom is 0.0656 e. The number of hydrogen-bond donors (Lipinski definition) is 1. The van der Waals surface area contributed by atoms with Crippen molar-refractivity contribution in [3.05, 3.63) is 42.3 Å². The number of hydrogen-bond acceptors (Lipinski definition) is 3. The fourth-order valence-corrected chi connectivity index (χ4v) is 3.81. The van der Waals surface area contributed by atoms with Crippen molar-refractivity contribution in [3.8, 4) is 0 Å². The molecule has 0 bridgehead atoms. The van der Waals surface area contributed by atoms with Crippen LogP contribution in [0.25, 0.3) is 0 Å². The van der Waals surface area contributed by atoms with Crippen molar-refractivity contribution in [3.63, 3.8) is 0 Å². The Morgan fingerprint density at radius 3 is 2.88 bits per heavy atom. The van der Waals surface area contributed by atoms with Crippen LogP contribution < -0.4 is 5.32 Å². The minimum absolute atomic E-state index is 0.458. The molecule has 0 saturated carbocycles. The Kier molecular flexibility index (Phi) is 4.81. The highest BCUT2D eigenvalue weighted by molar-refractivity contribution is 14.1. The summed E-state index contributed by atoms with van der Waals surface area (Å²) in [6.45, 7) is 3.18. The van der Waals surface area contributed by atoms with Gasteiger partial charge in [0.05, 0.1) is 2.88 Å². The summed E-state index contributed by atoms with van der Waals surface area (Å²) in [5.74, 6) is 0. The van der Waals surface area contributed by atoms with E-state index in [1.54, 1.807) is 11.3 Å². The molecule has 2 aromatic heterocycles. The van der Waals surface area contributed by atoms with Crippen molar-refractivity contribution >= 4 is 45.3 Å². The van der Waals surface area contributed by atoms with E-state index in [0.29, 0.717) is 6.04 Å². The molecule has 0 saturated heterocycles. The minimum atomic E-state index is 0.458. The van der Waals surface area contributed by atoms with Gasteiger partial charge < -0.3 is 5.32 Å². The topological polar surface area (TPSA) is 12.0 Å². The molecule has 0 amide bonds. The number of nitrogens with one attached hydrogen (secondary N) is 1. The summed E-state index contributed by atoms with van der Waals surface area (Å²) in [6.07, 6.45) is 1.09. The van der Waals surface area contributed by atoms with Gasteiger partial charge in [-0.25, -0.2) is 0 Å². The second-order valence-corrected chi connectivity index (χ2v) is 7.22. The molecule has 0 fully saturated rings. The van der Waals surface area contributed by atoms with Crippen LogP contribution in [0.3, 0.4) is 0 Å². The molecule has 1 nitrogen and oxygen atoms in total. The molecule has 4 heteroatoms. The molecule has 2 rings (SSSR count). The Morgan fingerprint density at radius 2 is 2.31 bits per heavy atom. The second kappa shape index (κ2) is 6.14. The van der Waals surface area contributed by atoms with Crippen LogP contribution in [0.1, 0.15) is 24.1 Å². The van der Waals surface area contributed by atoms with Gasteiger partial charge in [0.25, 0.3) is 0 Å². The molecule has 1 unspecified atom stereocenters. The molecule has 0 aromatic carbocycles. The van der Waals surface area contributed by atoms with E-state index in [4.69, 9.17) is 0 Å². The van der Waals surface area contributed by atoms with Crippen LogP contribution in [0, 0.1) is 2.88 Å². The molecule has 2 heterocycles. The van der Waals surface area contributed by atoms with Gasteiger partial charge in [-0.3, -0.25) is 0 Å². The molecule has 1 N–H and O–H groups in total. The predicted molar refractivity (Wildman–Crippen MR) is 81.5 cm³/mol. The molecule has 0 aliphatic rings. The molecule has 16 heavy (non-hydrogen) atoms. The van der Waals surface area contributed by atoms with E-state index in [2.05, 4.69) is 63.1 Å². The molecule has 0 aliphatic carbocycles. The van der Waals surface area contributed by atoms with E-state index >= 15 is 0 Å². The summed E-state index contributed by atoms with van der Waals surface area (Å²) < 4.78 is 1.36. The van der Waals surface area contributed by atoms with Crippen LogP contribution in [-0.4, -0.2) is 6.54 Å². The van der Waals surface area contributed by atoms with Crippen molar-refractivity contribution in [1.82, 2.24) is 5.32 Å². The summed E-state index contributed by atoms with van der Waals surface area (Å²) in [7, 11) is 0. The van der Waals surface area contributed by atoms with Gasteiger partial charge >= 0.3 is 0 Å². The number of halogens is 1. The lowest BCUT2D eigenvalue weighted by molar-refractivity contribution is 0.552. The smallest absolute Gasteiger partial charge is 0.0656 e. The molecule has 0 radical (unpaired) electrons. The highest BCUT2D eigenvalue weighted by Gasteiger charge is 2.12. The normalized spacial score (nSPS) is 12.9. The standard InChI is InChI=1S/C12H14INS2/c1-2-14-11(5-9-3-4-15-7-9)10-6-12(13)16-8-10/h3-4,6-8,11,14H,2,5H2,1H3. The summed E-state index contributed by atoms with van der Waals surface area (Å²) >= 11 is 5.98. The predicted octanol–water partition coefficient (Wildman–Crippen LogP) is 4.31. The van der Waals surface area contributed by atoms with Gasteiger partial charge in [-0.05, 0) is 75.0 Å². The van der Waals surface area contributed by atoms with Gasteiger partial charge in [0, 0.05) is 6.04 Å². The van der Waals surface area contributed by atoms with Gasteiger partial charge in [0.1, 0.15) is 0 Å². The van der Waals surface area contributed by atoms with Crippen molar-refractivity contribution in [1.29, 1.82) is 0 Å². The van der Waals surface area contributed by atoms with Crippen molar-refractivity contribution in [2.45, 2.75) is 19.4 Å². The Balaban J connectivity index is 2.11. The van der Waals surface area contributed by atoms with Crippen molar-refractivity contribution < 1.29 is 0 Å². The Labute approximate surface area is 118 Å². The summed E-state index contributed by atoms with van der Waals surface area (Å²) in [4.78, 5) is 0.